The molecule has 8 heteroatoms. The number of amides is 2. The van der Waals surface area contributed by atoms with Gasteiger partial charge in [0.1, 0.15) is 11.5 Å². The van der Waals surface area contributed by atoms with E-state index in [1.807, 2.05) is 36.4 Å². The maximum absolute atomic E-state index is 13.0. The van der Waals surface area contributed by atoms with Crippen LogP contribution in [-0.4, -0.2) is 43.0 Å². The highest BCUT2D eigenvalue weighted by Gasteiger charge is 2.47. The van der Waals surface area contributed by atoms with E-state index in [4.69, 9.17) is 21.1 Å². The number of methoxy groups -OCH3 is 2. The van der Waals surface area contributed by atoms with Crippen LogP contribution in [-0.2, 0) is 4.79 Å². The lowest BCUT2D eigenvalue weighted by atomic mass is 9.99. The number of hydrogen-bond donors (Lipinski definition) is 2. The number of halogens is 1. The largest absolute Gasteiger partial charge is 0.497 e. The number of hydrogen-bond acceptors (Lipinski definition) is 4. The quantitative estimate of drug-likeness (QED) is 0.548. The van der Waals surface area contributed by atoms with E-state index < -0.39 is 12.1 Å². The molecule has 3 aromatic rings. The second-order valence-corrected chi connectivity index (χ2v) is 7.87. The smallest absolute Gasteiger partial charge is 0.304 e. The highest BCUT2D eigenvalue weighted by molar-refractivity contribution is 6.30. The van der Waals surface area contributed by atoms with E-state index in [-0.39, 0.29) is 11.8 Å². The van der Waals surface area contributed by atoms with Crippen LogP contribution in [0.5, 0.6) is 11.5 Å². The first-order valence-electron chi connectivity index (χ1n) is 10.3. The van der Waals surface area contributed by atoms with Crippen molar-refractivity contribution in [1.29, 1.82) is 0 Å². The first-order valence-corrected chi connectivity index (χ1v) is 10.6. The van der Waals surface area contributed by atoms with Crippen molar-refractivity contribution in [1.82, 2.24) is 10.7 Å². The molecular weight excluding hydrogens is 442 g/mol. The summed E-state index contributed by atoms with van der Waals surface area (Å²) in [6, 6.07) is 20.0. The first-order chi connectivity index (χ1) is 16.0. The molecule has 3 aromatic carbocycles. The van der Waals surface area contributed by atoms with Gasteiger partial charge in [0.25, 0.3) is 5.91 Å². The Labute approximate surface area is 196 Å². The van der Waals surface area contributed by atoms with Gasteiger partial charge in [-0.3, -0.25) is 9.59 Å². The average molecular weight is 465 g/mol. The fraction of sp³-hybridized carbons (Fsp3) is 0.160. The lowest BCUT2D eigenvalue weighted by molar-refractivity contribution is -0.596. The summed E-state index contributed by atoms with van der Waals surface area (Å²) in [6.07, 6.45) is 1.79. The van der Waals surface area contributed by atoms with Crippen LogP contribution in [0.3, 0.4) is 0 Å². The predicted molar refractivity (Wildman–Crippen MR) is 125 cm³/mol. The van der Waals surface area contributed by atoms with Gasteiger partial charge in [-0.15, -0.1) is 10.1 Å². The van der Waals surface area contributed by atoms with E-state index in [1.54, 1.807) is 61.5 Å². The van der Waals surface area contributed by atoms with Gasteiger partial charge in [0, 0.05) is 16.1 Å². The summed E-state index contributed by atoms with van der Waals surface area (Å²) in [6.45, 7) is 0. The van der Waals surface area contributed by atoms with Crippen LogP contribution in [0, 0.1) is 0 Å². The van der Waals surface area contributed by atoms with Gasteiger partial charge in [-0.25, -0.2) is 0 Å². The fourth-order valence-corrected chi connectivity index (χ4v) is 3.86. The van der Waals surface area contributed by atoms with E-state index in [1.165, 1.54) is 0 Å². The van der Waals surface area contributed by atoms with Crippen LogP contribution in [0.4, 0.5) is 0 Å². The third kappa shape index (κ3) is 4.83. The Bertz CT molecular complexity index is 1190. The number of hydrazine groups is 1. The molecule has 1 fully saturated rings. The van der Waals surface area contributed by atoms with Gasteiger partial charge in [-0.2, -0.15) is 0 Å². The molecule has 0 bridgehead atoms. The Morgan fingerprint density at radius 2 is 1.70 bits per heavy atom. The summed E-state index contributed by atoms with van der Waals surface area (Å²) >= 11 is 6.08. The maximum Gasteiger partial charge on any atom is 0.304 e. The molecule has 2 N–H and O–H groups in total. The molecule has 0 aliphatic carbocycles. The van der Waals surface area contributed by atoms with E-state index in [0.29, 0.717) is 22.1 Å². The molecule has 1 heterocycles. The number of carbonyl (C=O) groups excluding carboxylic acids is 2. The number of rotatable bonds is 6. The second-order valence-electron chi connectivity index (χ2n) is 7.43. The standard InChI is InChI=1S/C25H22ClN3O4/c1-32-20-13-9-17(10-14-20)24(30)27-22-23(16-7-11-19(26)12-8-16)29(28-25(22)31)15-18-5-3-4-6-21(18)33-2/h3-15,22-23H,1-2H3,(H-,27,28,30,31)/p+1/b29-15-/t22-,23-/m1/s1. The van der Waals surface area contributed by atoms with Crippen molar-refractivity contribution in [3.63, 3.8) is 0 Å². The Hall–Kier alpha value is -3.84. The van der Waals surface area contributed by atoms with Crippen LogP contribution in [0.2, 0.25) is 5.02 Å². The molecule has 33 heavy (non-hydrogen) atoms. The number of nitrogens with one attached hydrogen (secondary N) is 2. The van der Waals surface area contributed by atoms with Crippen molar-refractivity contribution in [2.75, 3.05) is 14.2 Å². The monoisotopic (exact) mass is 464 g/mol. The normalized spacial score (nSPS) is 18.6. The zero-order valence-corrected chi connectivity index (χ0v) is 18.9. The Kier molecular flexibility index (Phi) is 6.60. The van der Waals surface area contributed by atoms with Gasteiger partial charge in [-0.1, -0.05) is 35.9 Å². The highest BCUT2D eigenvalue weighted by Crippen LogP contribution is 2.27. The predicted octanol–water partition coefficient (Wildman–Crippen LogP) is 3.37. The van der Waals surface area contributed by atoms with Crippen LogP contribution >= 0.6 is 11.6 Å². The molecule has 0 aromatic heterocycles. The van der Waals surface area contributed by atoms with E-state index in [0.717, 1.165) is 11.1 Å². The number of nitrogens with zero attached hydrogens (tertiary/aromatic N) is 1. The van der Waals surface area contributed by atoms with E-state index in [9.17, 15) is 9.59 Å². The fourth-order valence-electron chi connectivity index (χ4n) is 3.73. The lowest BCUT2D eigenvalue weighted by Gasteiger charge is -2.15. The van der Waals surface area contributed by atoms with Crippen LogP contribution in [0.25, 0.3) is 0 Å². The van der Waals surface area contributed by atoms with Crippen molar-refractivity contribution in [2.45, 2.75) is 12.1 Å². The second kappa shape index (κ2) is 9.75. The first kappa shape index (κ1) is 22.4. The summed E-state index contributed by atoms with van der Waals surface area (Å²) in [5.41, 5.74) is 4.87. The molecule has 1 saturated heterocycles. The van der Waals surface area contributed by atoms with Gasteiger partial charge < -0.3 is 14.8 Å². The average Bonchev–Trinajstić information content (AvgIpc) is 3.14. The van der Waals surface area contributed by atoms with Crippen molar-refractivity contribution >= 4 is 29.6 Å². The number of benzene rings is 3. The number of para-hydroxylation sites is 1. The molecule has 0 saturated carbocycles. The molecule has 7 nitrogen and oxygen atoms in total. The van der Waals surface area contributed by atoms with Gasteiger partial charge >= 0.3 is 5.91 Å². The van der Waals surface area contributed by atoms with Crippen LogP contribution < -0.4 is 20.2 Å². The molecule has 1 aliphatic rings. The number of carbonyl (C=O) groups is 2. The summed E-state index contributed by atoms with van der Waals surface area (Å²) in [5.74, 6) is 0.605. The third-order valence-corrected chi connectivity index (χ3v) is 5.66. The Morgan fingerprint density at radius 1 is 1.00 bits per heavy atom. The van der Waals surface area contributed by atoms with E-state index >= 15 is 0 Å². The van der Waals surface area contributed by atoms with Crippen LogP contribution in [0.1, 0.15) is 27.5 Å². The molecular formula is C25H23ClN3O4+. The molecule has 2 atom stereocenters. The Balaban J connectivity index is 1.70. The molecule has 4 rings (SSSR count). The summed E-state index contributed by atoms with van der Waals surface area (Å²) in [7, 11) is 3.14. The van der Waals surface area contributed by atoms with Gasteiger partial charge in [-0.05, 0) is 48.5 Å². The minimum Gasteiger partial charge on any atom is -0.497 e. The molecule has 1 aliphatic heterocycles. The highest BCUT2D eigenvalue weighted by atomic mass is 35.5. The molecule has 0 spiro atoms. The molecule has 168 valence electrons. The zero-order valence-electron chi connectivity index (χ0n) is 18.1. The van der Waals surface area contributed by atoms with Crippen molar-refractivity contribution in [2.24, 2.45) is 0 Å². The lowest BCUT2D eigenvalue weighted by Crippen LogP contribution is -2.42. The SMILES string of the molecule is COc1ccc(C(=O)N[C@H]2C(=O)N/[N+](=C\c3ccccc3OC)[C@@H]2c2ccc(Cl)cc2)cc1. The minimum atomic E-state index is -0.841. The molecule has 0 unspecified atom stereocenters. The van der Waals surface area contributed by atoms with E-state index in [2.05, 4.69) is 10.7 Å². The summed E-state index contributed by atoms with van der Waals surface area (Å²) in [4.78, 5) is 25.9. The summed E-state index contributed by atoms with van der Waals surface area (Å²) < 4.78 is 12.3. The Morgan fingerprint density at radius 3 is 2.36 bits per heavy atom. The van der Waals surface area contributed by atoms with Crippen molar-refractivity contribution < 1.29 is 23.7 Å². The minimum absolute atomic E-state index is 0.331. The topological polar surface area (TPSA) is 79.7 Å². The van der Waals surface area contributed by atoms with Gasteiger partial charge in [0.15, 0.2) is 6.04 Å². The molecule has 0 radical (unpaired) electrons. The van der Waals surface area contributed by atoms with Crippen LogP contribution in [0.15, 0.2) is 72.8 Å². The maximum atomic E-state index is 13.0. The number of hydrazone groups is 1. The zero-order chi connectivity index (χ0) is 23.4. The van der Waals surface area contributed by atoms with Gasteiger partial charge in [0.2, 0.25) is 12.3 Å². The third-order valence-electron chi connectivity index (χ3n) is 5.40. The summed E-state index contributed by atoms with van der Waals surface area (Å²) in [5, 5.41) is 3.45. The molecule has 2 amide bonds. The number of ether oxygens (including phenoxy) is 2. The van der Waals surface area contributed by atoms with Gasteiger partial charge in [0.05, 0.1) is 19.8 Å². The van der Waals surface area contributed by atoms with Crippen molar-refractivity contribution in [3.8, 4) is 11.5 Å². The van der Waals surface area contributed by atoms with Crippen molar-refractivity contribution in [3.05, 3.63) is 94.5 Å².